The van der Waals surface area contributed by atoms with Crippen molar-refractivity contribution >= 4 is 16.0 Å². The Labute approximate surface area is 226 Å². The van der Waals surface area contributed by atoms with E-state index in [9.17, 15) is 23.4 Å². The van der Waals surface area contributed by atoms with Gasteiger partial charge in [0.1, 0.15) is 12.4 Å². The Hall–Kier alpha value is -2.50. The first-order chi connectivity index (χ1) is 18.1. The Kier molecular flexibility index (Phi) is 13.7. The van der Waals surface area contributed by atoms with Crippen LogP contribution < -0.4 is 10.5 Å². The number of primary sulfonamides is 1. The average Bonchev–Trinajstić information content (AvgIpc) is 2.85. The number of nitrogens with one attached hydrogen (secondary N) is 1. The maximum absolute atomic E-state index is 11.6. The zero-order valence-electron chi connectivity index (χ0n) is 22.4. The number of hydrogen-bond acceptors (Lipinski definition) is 8. The summed E-state index contributed by atoms with van der Waals surface area (Å²) in [6.07, 6.45) is 6.03. The minimum absolute atomic E-state index is 0.0299. The number of aliphatic hydroxyl groups excluding tert-OH is 1. The molecule has 5 N–H and O–H groups in total. The van der Waals surface area contributed by atoms with Crippen LogP contribution in [0.2, 0.25) is 0 Å². The van der Waals surface area contributed by atoms with Crippen LogP contribution in [-0.4, -0.2) is 50.9 Å². The zero-order valence-corrected chi connectivity index (χ0v) is 23.3. The van der Waals surface area contributed by atoms with E-state index in [0.717, 1.165) is 69.2 Å². The fraction of sp³-hybridized carbons (Fsp3) is 0.536. The van der Waals surface area contributed by atoms with Crippen LogP contribution in [0.15, 0.2) is 41.3 Å². The molecule has 0 saturated carbocycles. The number of hydrogen-bond donors (Lipinski definition) is 4. The summed E-state index contributed by atoms with van der Waals surface area (Å²) < 4.78 is 33.8. The van der Waals surface area contributed by atoms with E-state index in [-0.39, 0.29) is 17.3 Å². The van der Waals surface area contributed by atoms with E-state index < -0.39 is 22.1 Å². The van der Waals surface area contributed by atoms with Crippen molar-refractivity contribution in [1.29, 1.82) is 0 Å². The molecular weight excluding hydrogens is 508 g/mol. The lowest BCUT2D eigenvalue weighted by atomic mass is 10.1. The number of unbranched alkanes of at least 4 members (excludes halogenated alkanes) is 4. The number of rotatable bonds is 18. The Morgan fingerprint density at radius 2 is 1.74 bits per heavy atom. The molecule has 0 spiro atoms. The first kappa shape index (κ1) is 31.7. The lowest BCUT2D eigenvalue weighted by molar-refractivity contribution is -0.142. The van der Waals surface area contributed by atoms with E-state index in [1.54, 1.807) is 24.3 Å². The first-order valence-corrected chi connectivity index (χ1v) is 14.7. The third-order valence-electron chi connectivity index (χ3n) is 6.09. The molecule has 10 heteroatoms. The number of sulfonamides is 1. The molecule has 0 aliphatic heterocycles. The van der Waals surface area contributed by atoms with Crippen molar-refractivity contribution in [1.82, 2.24) is 5.32 Å². The molecule has 2 aromatic rings. The third kappa shape index (κ3) is 12.4. The van der Waals surface area contributed by atoms with E-state index in [2.05, 4.69) is 5.32 Å². The molecule has 0 unspecified atom stereocenters. The summed E-state index contributed by atoms with van der Waals surface area (Å²) in [6, 6.07) is 10.0. The van der Waals surface area contributed by atoms with Crippen molar-refractivity contribution in [2.24, 2.45) is 5.14 Å². The summed E-state index contributed by atoms with van der Waals surface area (Å²) in [5, 5.41) is 28.8. The van der Waals surface area contributed by atoms with Gasteiger partial charge in [0.05, 0.1) is 11.0 Å². The van der Waals surface area contributed by atoms with E-state index in [1.165, 1.54) is 13.0 Å². The topological polar surface area (TPSA) is 148 Å². The zero-order chi connectivity index (χ0) is 28.0. The molecule has 0 fully saturated rings. The number of carbonyl (C=O) groups is 1. The monoisotopic (exact) mass is 550 g/mol. The molecule has 9 nitrogen and oxygen atoms in total. The van der Waals surface area contributed by atoms with Crippen molar-refractivity contribution < 1.29 is 32.9 Å². The Morgan fingerprint density at radius 1 is 1.03 bits per heavy atom. The minimum Gasteiger partial charge on any atom is -0.508 e. The van der Waals surface area contributed by atoms with Gasteiger partial charge in [0.15, 0.2) is 0 Å². The van der Waals surface area contributed by atoms with Gasteiger partial charge in [-0.3, -0.25) is 4.79 Å². The summed E-state index contributed by atoms with van der Waals surface area (Å²) in [6.45, 7) is 5.74. The number of phenolic OH excluding ortho intramolecular Hbond substituents is 1. The van der Waals surface area contributed by atoms with Crippen LogP contribution in [-0.2, 0) is 37.3 Å². The average molecular weight is 551 g/mol. The molecule has 0 aromatic heterocycles. The summed E-state index contributed by atoms with van der Waals surface area (Å²) in [5.74, 6) is -0.399. The third-order valence-corrected chi connectivity index (χ3v) is 6.99. The van der Waals surface area contributed by atoms with Crippen molar-refractivity contribution in [3.8, 4) is 5.75 Å². The Morgan fingerprint density at radius 3 is 2.45 bits per heavy atom. The SMILES string of the molecule is CC(=O)OCc1cc([C@@H](O)CNCCCCCCOCCCCc2cc(C)cc(S(N)(=O)=O)c2)ccc1O. The normalized spacial score (nSPS) is 12.4. The molecule has 2 rings (SSSR count). The Bertz CT molecular complexity index is 1120. The quantitative estimate of drug-likeness (QED) is 0.162. The fourth-order valence-corrected chi connectivity index (χ4v) is 4.71. The maximum atomic E-state index is 11.6. The van der Waals surface area contributed by atoms with E-state index in [1.807, 2.05) is 13.0 Å². The van der Waals surface area contributed by atoms with Gasteiger partial charge in [-0.2, -0.15) is 0 Å². The summed E-state index contributed by atoms with van der Waals surface area (Å²) in [5.41, 5.74) is 2.98. The highest BCUT2D eigenvalue weighted by atomic mass is 32.2. The molecule has 0 amide bonds. The van der Waals surface area contributed by atoms with Crippen LogP contribution >= 0.6 is 0 Å². The lowest BCUT2D eigenvalue weighted by Gasteiger charge is -2.14. The van der Waals surface area contributed by atoms with Gasteiger partial charge in [-0.1, -0.05) is 25.0 Å². The number of phenols is 1. The molecule has 212 valence electrons. The molecule has 1 atom stereocenters. The maximum Gasteiger partial charge on any atom is 0.302 e. The predicted molar refractivity (Wildman–Crippen MR) is 146 cm³/mol. The van der Waals surface area contributed by atoms with Crippen LogP contribution in [0.1, 0.15) is 73.8 Å². The van der Waals surface area contributed by atoms with Gasteiger partial charge in [-0.05, 0) is 86.5 Å². The molecule has 0 aliphatic carbocycles. The largest absolute Gasteiger partial charge is 0.508 e. The Balaban J connectivity index is 1.49. The second-order valence-corrected chi connectivity index (χ2v) is 11.1. The van der Waals surface area contributed by atoms with Gasteiger partial charge in [0.25, 0.3) is 0 Å². The fourth-order valence-electron chi connectivity index (χ4n) is 4.04. The van der Waals surface area contributed by atoms with Crippen LogP contribution in [0.5, 0.6) is 5.75 Å². The predicted octanol–water partition coefficient (Wildman–Crippen LogP) is 3.63. The number of esters is 1. The number of aryl methyl sites for hydroxylation is 2. The van der Waals surface area contributed by atoms with Crippen LogP contribution in [0.3, 0.4) is 0 Å². The smallest absolute Gasteiger partial charge is 0.302 e. The number of ether oxygens (including phenoxy) is 2. The highest BCUT2D eigenvalue weighted by Gasteiger charge is 2.12. The molecular formula is C28H42N2O7S. The van der Waals surface area contributed by atoms with Crippen molar-refractivity contribution in [2.75, 3.05) is 26.3 Å². The molecule has 0 aliphatic rings. The second-order valence-electron chi connectivity index (χ2n) is 9.57. The van der Waals surface area contributed by atoms with Gasteiger partial charge in [-0.15, -0.1) is 0 Å². The lowest BCUT2D eigenvalue weighted by Crippen LogP contribution is -2.22. The molecule has 0 saturated heterocycles. The van der Waals surface area contributed by atoms with Gasteiger partial charge >= 0.3 is 5.97 Å². The summed E-state index contributed by atoms with van der Waals surface area (Å²) in [4.78, 5) is 11.2. The number of carbonyl (C=O) groups excluding carboxylic acids is 1. The van der Waals surface area contributed by atoms with Crippen molar-refractivity contribution in [2.45, 2.75) is 76.4 Å². The van der Waals surface area contributed by atoms with Crippen LogP contribution in [0.4, 0.5) is 0 Å². The van der Waals surface area contributed by atoms with Crippen molar-refractivity contribution in [3.63, 3.8) is 0 Å². The standard InChI is InChI=1S/C28H42N2O7S/c1-21-15-23(17-26(16-21)38(29,34)35)9-5-8-14-36-13-7-4-3-6-12-30-19-28(33)24-10-11-27(32)25(18-24)20-37-22(2)31/h10-11,15-18,28,30,32-33H,3-9,12-14,19-20H2,1-2H3,(H2,29,34,35)/t28-/m0/s1. The molecule has 0 heterocycles. The highest BCUT2D eigenvalue weighted by molar-refractivity contribution is 7.89. The number of aromatic hydroxyl groups is 1. The van der Waals surface area contributed by atoms with Gasteiger partial charge in [0.2, 0.25) is 10.0 Å². The van der Waals surface area contributed by atoms with Gasteiger partial charge in [0, 0.05) is 32.2 Å². The molecule has 0 radical (unpaired) electrons. The molecule has 0 bridgehead atoms. The minimum atomic E-state index is -3.69. The number of benzene rings is 2. The molecule has 2 aromatic carbocycles. The van der Waals surface area contributed by atoms with Gasteiger partial charge < -0.3 is 25.0 Å². The van der Waals surface area contributed by atoms with E-state index in [4.69, 9.17) is 14.6 Å². The summed E-state index contributed by atoms with van der Waals surface area (Å²) >= 11 is 0. The highest BCUT2D eigenvalue weighted by Crippen LogP contribution is 2.23. The van der Waals surface area contributed by atoms with E-state index >= 15 is 0 Å². The molecule has 38 heavy (non-hydrogen) atoms. The van der Waals surface area contributed by atoms with Crippen LogP contribution in [0.25, 0.3) is 0 Å². The first-order valence-electron chi connectivity index (χ1n) is 13.1. The van der Waals surface area contributed by atoms with Crippen molar-refractivity contribution in [3.05, 3.63) is 58.7 Å². The van der Waals surface area contributed by atoms with Gasteiger partial charge in [-0.25, -0.2) is 13.6 Å². The summed E-state index contributed by atoms with van der Waals surface area (Å²) in [7, 11) is -3.69. The number of nitrogens with two attached hydrogens (primary N) is 1. The second kappa shape index (κ2) is 16.5. The number of aliphatic hydroxyl groups is 1. The van der Waals surface area contributed by atoms with Crippen LogP contribution in [0, 0.1) is 6.92 Å². The van der Waals surface area contributed by atoms with E-state index in [0.29, 0.717) is 24.3 Å².